The van der Waals surface area contributed by atoms with Gasteiger partial charge in [0.1, 0.15) is 5.82 Å². The fraction of sp³-hybridized carbons (Fsp3) is 0.500. The van der Waals surface area contributed by atoms with Crippen LogP contribution in [0.5, 0.6) is 0 Å². The third-order valence-corrected chi connectivity index (χ3v) is 3.62. The lowest BCUT2D eigenvalue weighted by Crippen LogP contribution is -2.45. The minimum Gasteiger partial charge on any atom is -0.394 e. The standard InChI is InChI=1S/C12H15ClFNO/c13-11-9(3-1-4-10(11)14)7-12(8-16)5-2-6-15-12/h1,3-4,15-16H,2,5-8H2. The predicted octanol–water partition coefficient (Wildman–Crippen LogP) is 2.14. The highest BCUT2D eigenvalue weighted by Crippen LogP contribution is 2.28. The molecule has 1 aromatic rings. The summed E-state index contributed by atoms with van der Waals surface area (Å²) in [7, 11) is 0. The summed E-state index contributed by atoms with van der Waals surface area (Å²) in [4.78, 5) is 0. The van der Waals surface area contributed by atoms with Crippen LogP contribution in [0.4, 0.5) is 4.39 Å². The number of benzene rings is 1. The van der Waals surface area contributed by atoms with Gasteiger partial charge < -0.3 is 10.4 Å². The highest BCUT2D eigenvalue weighted by molar-refractivity contribution is 6.31. The average molecular weight is 244 g/mol. The second kappa shape index (κ2) is 4.70. The molecule has 0 aliphatic carbocycles. The molecule has 1 aromatic carbocycles. The van der Waals surface area contributed by atoms with Crippen LogP contribution in [0.25, 0.3) is 0 Å². The maximum atomic E-state index is 13.3. The summed E-state index contributed by atoms with van der Waals surface area (Å²) >= 11 is 5.91. The van der Waals surface area contributed by atoms with E-state index in [0.29, 0.717) is 6.42 Å². The molecule has 0 bridgehead atoms. The molecule has 0 aromatic heterocycles. The van der Waals surface area contributed by atoms with Gasteiger partial charge in [0.05, 0.1) is 11.6 Å². The van der Waals surface area contributed by atoms with Crippen molar-refractivity contribution < 1.29 is 9.50 Å². The number of hydrogen-bond donors (Lipinski definition) is 2. The van der Waals surface area contributed by atoms with E-state index in [0.717, 1.165) is 24.9 Å². The lowest BCUT2D eigenvalue weighted by molar-refractivity contribution is 0.177. The Morgan fingerprint density at radius 2 is 2.31 bits per heavy atom. The van der Waals surface area contributed by atoms with E-state index in [1.807, 2.05) is 6.07 Å². The molecule has 1 fully saturated rings. The first kappa shape index (κ1) is 11.8. The van der Waals surface area contributed by atoms with Crippen LogP contribution in [0, 0.1) is 5.82 Å². The summed E-state index contributed by atoms with van der Waals surface area (Å²) in [5.74, 6) is -0.398. The highest BCUT2D eigenvalue weighted by atomic mass is 35.5. The number of hydrogen-bond acceptors (Lipinski definition) is 2. The first-order valence-corrected chi connectivity index (χ1v) is 5.83. The Kier molecular flexibility index (Phi) is 3.47. The molecule has 0 radical (unpaired) electrons. The molecule has 16 heavy (non-hydrogen) atoms. The van der Waals surface area contributed by atoms with E-state index in [1.165, 1.54) is 6.07 Å². The van der Waals surface area contributed by atoms with Gasteiger partial charge in [0, 0.05) is 5.54 Å². The SMILES string of the molecule is OCC1(Cc2cccc(F)c2Cl)CCCN1. The van der Waals surface area contributed by atoms with Gasteiger partial charge >= 0.3 is 0 Å². The Bertz CT molecular complexity index is 377. The molecule has 1 unspecified atom stereocenters. The van der Waals surface area contributed by atoms with Gasteiger partial charge in [-0.15, -0.1) is 0 Å². The first-order chi connectivity index (χ1) is 7.67. The van der Waals surface area contributed by atoms with Gasteiger partial charge in [0.2, 0.25) is 0 Å². The van der Waals surface area contributed by atoms with Crippen LogP contribution < -0.4 is 5.32 Å². The normalized spacial score (nSPS) is 24.9. The largest absolute Gasteiger partial charge is 0.394 e. The van der Waals surface area contributed by atoms with Gasteiger partial charge in [-0.25, -0.2) is 4.39 Å². The molecule has 0 spiro atoms. The molecule has 4 heteroatoms. The lowest BCUT2D eigenvalue weighted by atomic mass is 9.90. The summed E-state index contributed by atoms with van der Waals surface area (Å²) in [6.07, 6.45) is 2.50. The van der Waals surface area contributed by atoms with Crippen molar-refractivity contribution in [2.75, 3.05) is 13.2 Å². The molecule has 1 heterocycles. The monoisotopic (exact) mass is 243 g/mol. The summed E-state index contributed by atoms with van der Waals surface area (Å²) in [6, 6.07) is 4.80. The van der Waals surface area contributed by atoms with Crippen LogP contribution in [0.1, 0.15) is 18.4 Å². The average Bonchev–Trinajstić information content (AvgIpc) is 2.74. The van der Waals surface area contributed by atoms with Crippen molar-refractivity contribution in [2.45, 2.75) is 24.8 Å². The fourth-order valence-electron chi connectivity index (χ4n) is 2.26. The Hall–Kier alpha value is -0.640. The molecular formula is C12H15ClFNO. The molecule has 2 rings (SSSR count). The van der Waals surface area contributed by atoms with Crippen molar-refractivity contribution in [2.24, 2.45) is 0 Å². The molecule has 1 aliphatic heterocycles. The maximum absolute atomic E-state index is 13.3. The Morgan fingerprint density at radius 1 is 1.50 bits per heavy atom. The molecule has 2 N–H and O–H groups in total. The number of halogens is 2. The number of aliphatic hydroxyl groups excluding tert-OH is 1. The molecular weight excluding hydrogens is 229 g/mol. The lowest BCUT2D eigenvalue weighted by Gasteiger charge is -2.27. The number of nitrogens with one attached hydrogen (secondary N) is 1. The zero-order valence-electron chi connectivity index (χ0n) is 8.97. The number of aliphatic hydroxyl groups is 1. The van der Waals surface area contributed by atoms with Crippen molar-refractivity contribution in [3.63, 3.8) is 0 Å². The number of rotatable bonds is 3. The van der Waals surface area contributed by atoms with E-state index >= 15 is 0 Å². The van der Waals surface area contributed by atoms with Gasteiger partial charge in [-0.05, 0) is 37.4 Å². The topological polar surface area (TPSA) is 32.3 Å². The van der Waals surface area contributed by atoms with Crippen LogP contribution in [-0.2, 0) is 6.42 Å². The quantitative estimate of drug-likeness (QED) is 0.853. The molecule has 1 atom stereocenters. The van der Waals surface area contributed by atoms with Gasteiger partial charge in [-0.3, -0.25) is 0 Å². The zero-order valence-corrected chi connectivity index (χ0v) is 9.73. The third kappa shape index (κ3) is 2.21. The van der Waals surface area contributed by atoms with Gasteiger partial charge in [0.15, 0.2) is 0 Å². The Balaban J connectivity index is 2.22. The molecule has 1 saturated heterocycles. The van der Waals surface area contributed by atoms with E-state index < -0.39 is 5.82 Å². The molecule has 88 valence electrons. The van der Waals surface area contributed by atoms with Crippen molar-refractivity contribution >= 4 is 11.6 Å². The molecule has 0 saturated carbocycles. The fourth-order valence-corrected chi connectivity index (χ4v) is 2.45. The van der Waals surface area contributed by atoms with Crippen LogP contribution in [-0.4, -0.2) is 23.8 Å². The minimum atomic E-state index is -0.398. The van der Waals surface area contributed by atoms with Crippen LogP contribution in [0.15, 0.2) is 18.2 Å². The van der Waals surface area contributed by atoms with E-state index in [1.54, 1.807) is 6.07 Å². The maximum Gasteiger partial charge on any atom is 0.142 e. The minimum absolute atomic E-state index is 0.0554. The highest BCUT2D eigenvalue weighted by Gasteiger charge is 2.33. The Labute approximate surface area is 99.4 Å². The second-order valence-electron chi connectivity index (χ2n) is 4.36. The van der Waals surface area contributed by atoms with E-state index in [-0.39, 0.29) is 17.2 Å². The summed E-state index contributed by atoms with van der Waals surface area (Å²) in [5.41, 5.74) is 0.433. The second-order valence-corrected chi connectivity index (χ2v) is 4.74. The smallest absolute Gasteiger partial charge is 0.142 e. The predicted molar refractivity (Wildman–Crippen MR) is 62.2 cm³/mol. The van der Waals surface area contributed by atoms with Gasteiger partial charge in [0.25, 0.3) is 0 Å². The van der Waals surface area contributed by atoms with E-state index in [4.69, 9.17) is 11.6 Å². The van der Waals surface area contributed by atoms with E-state index in [2.05, 4.69) is 5.32 Å². The zero-order chi connectivity index (χ0) is 11.6. The van der Waals surface area contributed by atoms with Crippen LogP contribution in [0.3, 0.4) is 0 Å². The molecule has 2 nitrogen and oxygen atoms in total. The summed E-state index contributed by atoms with van der Waals surface area (Å²) < 4.78 is 13.3. The van der Waals surface area contributed by atoms with Crippen molar-refractivity contribution in [3.05, 3.63) is 34.6 Å². The van der Waals surface area contributed by atoms with Crippen molar-refractivity contribution in [3.8, 4) is 0 Å². The van der Waals surface area contributed by atoms with Crippen LogP contribution >= 0.6 is 11.6 Å². The van der Waals surface area contributed by atoms with Gasteiger partial charge in [-0.2, -0.15) is 0 Å². The van der Waals surface area contributed by atoms with Crippen LogP contribution in [0.2, 0.25) is 5.02 Å². The van der Waals surface area contributed by atoms with E-state index in [9.17, 15) is 9.50 Å². The van der Waals surface area contributed by atoms with Crippen molar-refractivity contribution in [1.82, 2.24) is 5.32 Å². The molecule has 0 amide bonds. The van der Waals surface area contributed by atoms with Gasteiger partial charge in [-0.1, -0.05) is 23.7 Å². The molecule has 1 aliphatic rings. The van der Waals surface area contributed by atoms with Crippen molar-refractivity contribution in [1.29, 1.82) is 0 Å². The first-order valence-electron chi connectivity index (χ1n) is 5.46. The summed E-state index contributed by atoms with van der Waals surface area (Å²) in [6.45, 7) is 0.952. The third-order valence-electron chi connectivity index (χ3n) is 3.20. The Morgan fingerprint density at radius 3 is 2.94 bits per heavy atom. The summed E-state index contributed by atoms with van der Waals surface area (Å²) in [5, 5.41) is 12.9.